The number of benzene rings is 1. The topological polar surface area (TPSA) is 81.8 Å². The maximum Gasteiger partial charge on any atom is 0.263 e. The van der Waals surface area contributed by atoms with Crippen LogP contribution in [-0.4, -0.2) is 28.0 Å². The van der Waals surface area contributed by atoms with Crippen molar-refractivity contribution in [1.82, 2.24) is 19.6 Å². The number of aromatic nitrogens is 4. The van der Waals surface area contributed by atoms with Crippen molar-refractivity contribution >= 4 is 15.8 Å². The van der Waals surface area contributed by atoms with E-state index in [1.54, 1.807) is 25.6 Å². The van der Waals surface area contributed by atoms with Crippen LogP contribution in [0.2, 0.25) is 0 Å². The zero-order chi connectivity index (χ0) is 16.6. The summed E-state index contributed by atoms with van der Waals surface area (Å²) in [5.41, 5.74) is 1.05. The molecule has 1 aromatic carbocycles. The van der Waals surface area contributed by atoms with Gasteiger partial charge in [-0.3, -0.25) is 9.40 Å². The van der Waals surface area contributed by atoms with Gasteiger partial charge in [0.2, 0.25) is 0 Å². The molecule has 0 aliphatic rings. The summed E-state index contributed by atoms with van der Waals surface area (Å²) >= 11 is 0. The van der Waals surface area contributed by atoms with Crippen LogP contribution in [0.3, 0.4) is 0 Å². The first-order valence-electron chi connectivity index (χ1n) is 6.69. The van der Waals surface area contributed by atoms with Crippen LogP contribution in [-0.2, 0) is 17.1 Å². The van der Waals surface area contributed by atoms with Gasteiger partial charge in [0.1, 0.15) is 11.5 Å². The lowest BCUT2D eigenvalue weighted by molar-refractivity contribution is 0.590. The van der Waals surface area contributed by atoms with E-state index in [1.165, 1.54) is 27.6 Å². The molecule has 2 aromatic heterocycles. The molecule has 0 fully saturated rings. The van der Waals surface area contributed by atoms with Gasteiger partial charge in [-0.2, -0.15) is 10.2 Å². The summed E-state index contributed by atoms with van der Waals surface area (Å²) in [5, 5.41) is 7.94. The normalized spacial score (nSPS) is 11.6. The minimum atomic E-state index is -3.91. The zero-order valence-corrected chi connectivity index (χ0v) is 13.2. The van der Waals surface area contributed by atoms with E-state index < -0.39 is 15.8 Å². The molecule has 1 N–H and O–H groups in total. The molecule has 7 nitrogen and oxygen atoms in total. The predicted octanol–water partition coefficient (Wildman–Crippen LogP) is 1.85. The van der Waals surface area contributed by atoms with Gasteiger partial charge in [0, 0.05) is 25.5 Å². The average molecular weight is 335 g/mol. The first-order chi connectivity index (χ1) is 10.8. The smallest absolute Gasteiger partial charge is 0.263 e. The van der Waals surface area contributed by atoms with Crippen molar-refractivity contribution in [2.45, 2.75) is 11.8 Å². The number of sulfonamides is 1. The number of nitrogens with zero attached hydrogens (tertiary/aromatic N) is 4. The number of nitrogens with one attached hydrogen (secondary N) is 1. The van der Waals surface area contributed by atoms with Gasteiger partial charge >= 0.3 is 0 Å². The summed E-state index contributed by atoms with van der Waals surface area (Å²) in [4.78, 5) is -0.187. The van der Waals surface area contributed by atoms with E-state index in [0.717, 1.165) is 11.6 Å². The van der Waals surface area contributed by atoms with Crippen molar-refractivity contribution < 1.29 is 12.8 Å². The van der Waals surface area contributed by atoms with Gasteiger partial charge in [-0.15, -0.1) is 0 Å². The Morgan fingerprint density at radius 2 is 2.04 bits per heavy atom. The molecule has 2 heterocycles. The molecule has 3 aromatic rings. The molecule has 0 unspecified atom stereocenters. The molecule has 0 aliphatic heterocycles. The summed E-state index contributed by atoms with van der Waals surface area (Å²) in [6.07, 6.45) is 4.84. The van der Waals surface area contributed by atoms with Gasteiger partial charge in [0.05, 0.1) is 11.1 Å². The molecule has 3 rings (SSSR count). The van der Waals surface area contributed by atoms with Gasteiger partial charge in [-0.1, -0.05) is 0 Å². The molecule has 120 valence electrons. The standard InChI is InChI=1S/C14H14FN5O2S/c1-10-8-16-20(9-10)13-4-3-11(7-12(13)15)23(21,22)18-14-5-6-19(2)17-14/h3-9H,1-2H3,(H,17,18). The van der Waals surface area contributed by atoms with Crippen LogP contribution in [0.5, 0.6) is 0 Å². The number of hydrogen-bond donors (Lipinski definition) is 1. The van der Waals surface area contributed by atoms with Gasteiger partial charge in [0.15, 0.2) is 5.82 Å². The van der Waals surface area contributed by atoms with E-state index in [-0.39, 0.29) is 16.4 Å². The minimum absolute atomic E-state index is 0.166. The molecule has 0 saturated carbocycles. The first kappa shape index (κ1) is 15.2. The van der Waals surface area contributed by atoms with Crippen LogP contribution in [0.1, 0.15) is 5.56 Å². The van der Waals surface area contributed by atoms with Gasteiger partial charge in [-0.25, -0.2) is 17.5 Å². The molecular formula is C14H14FN5O2S. The third-order valence-electron chi connectivity index (χ3n) is 3.14. The van der Waals surface area contributed by atoms with E-state index in [4.69, 9.17) is 0 Å². The molecule has 23 heavy (non-hydrogen) atoms. The predicted molar refractivity (Wildman–Crippen MR) is 82.3 cm³/mol. The fraction of sp³-hybridized carbons (Fsp3) is 0.143. The highest BCUT2D eigenvalue weighted by atomic mass is 32.2. The summed E-state index contributed by atoms with van der Waals surface area (Å²) in [6.45, 7) is 1.83. The Morgan fingerprint density at radius 1 is 1.26 bits per heavy atom. The summed E-state index contributed by atoms with van der Waals surface area (Å²) in [6, 6.07) is 5.15. The van der Waals surface area contributed by atoms with Gasteiger partial charge in [0.25, 0.3) is 10.0 Å². The van der Waals surface area contributed by atoms with E-state index in [9.17, 15) is 12.8 Å². The van der Waals surface area contributed by atoms with Crippen LogP contribution in [0.4, 0.5) is 10.2 Å². The minimum Gasteiger partial charge on any atom is -0.274 e. The lowest BCUT2D eigenvalue weighted by Gasteiger charge is -2.08. The quantitative estimate of drug-likeness (QED) is 0.789. The third kappa shape index (κ3) is 3.09. The SMILES string of the molecule is Cc1cnn(-c2ccc(S(=O)(=O)Nc3ccn(C)n3)cc2F)c1. The van der Waals surface area contributed by atoms with Gasteiger partial charge < -0.3 is 0 Å². The van der Waals surface area contributed by atoms with Crippen LogP contribution in [0.25, 0.3) is 5.69 Å². The number of aryl methyl sites for hydroxylation is 2. The van der Waals surface area contributed by atoms with E-state index in [0.29, 0.717) is 0 Å². The molecule has 0 atom stereocenters. The maximum absolute atomic E-state index is 14.2. The van der Waals surface area contributed by atoms with Crippen LogP contribution in [0.15, 0.2) is 47.8 Å². The van der Waals surface area contributed by atoms with Crippen LogP contribution < -0.4 is 4.72 Å². The lowest BCUT2D eigenvalue weighted by atomic mass is 10.3. The fourth-order valence-corrected chi connectivity index (χ4v) is 3.06. The van der Waals surface area contributed by atoms with E-state index in [1.807, 2.05) is 6.92 Å². The highest BCUT2D eigenvalue weighted by Gasteiger charge is 2.18. The van der Waals surface area contributed by atoms with Crippen molar-refractivity contribution in [2.75, 3.05) is 4.72 Å². The number of rotatable bonds is 4. The number of halogens is 1. The van der Waals surface area contributed by atoms with E-state index in [2.05, 4.69) is 14.9 Å². The third-order valence-corrected chi connectivity index (χ3v) is 4.49. The van der Waals surface area contributed by atoms with Crippen molar-refractivity contribution in [3.05, 3.63) is 54.2 Å². The Kier molecular flexibility index (Phi) is 3.64. The Morgan fingerprint density at radius 3 is 2.61 bits per heavy atom. The fourth-order valence-electron chi connectivity index (χ4n) is 2.05. The molecule has 9 heteroatoms. The van der Waals surface area contributed by atoms with Crippen molar-refractivity contribution in [2.24, 2.45) is 7.05 Å². The summed E-state index contributed by atoms with van der Waals surface area (Å²) in [7, 11) is -2.25. The molecule has 0 amide bonds. The second-order valence-electron chi connectivity index (χ2n) is 5.06. The summed E-state index contributed by atoms with van der Waals surface area (Å²) < 4.78 is 43.9. The van der Waals surface area contributed by atoms with Crippen molar-refractivity contribution in [3.63, 3.8) is 0 Å². The van der Waals surface area contributed by atoms with E-state index >= 15 is 0 Å². The Labute approximate surface area is 132 Å². The van der Waals surface area contributed by atoms with Crippen LogP contribution in [0, 0.1) is 12.7 Å². The van der Waals surface area contributed by atoms with Crippen molar-refractivity contribution in [1.29, 1.82) is 0 Å². The molecular weight excluding hydrogens is 321 g/mol. The molecule has 0 spiro atoms. The highest BCUT2D eigenvalue weighted by molar-refractivity contribution is 7.92. The number of anilines is 1. The second kappa shape index (κ2) is 5.51. The van der Waals surface area contributed by atoms with Gasteiger partial charge in [-0.05, 0) is 30.7 Å². The Hall–Kier alpha value is -2.68. The Balaban J connectivity index is 1.93. The molecule has 0 saturated heterocycles. The monoisotopic (exact) mass is 335 g/mol. The largest absolute Gasteiger partial charge is 0.274 e. The average Bonchev–Trinajstić information content (AvgIpc) is 3.07. The first-order valence-corrected chi connectivity index (χ1v) is 8.17. The van der Waals surface area contributed by atoms with Crippen molar-refractivity contribution in [3.8, 4) is 5.69 Å². The summed E-state index contributed by atoms with van der Waals surface area (Å²) in [5.74, 6) is -0.517. The number of hydrogen-bond acceptors (Lipinski definition) is 4. The van der Waals surface area contributed by atoms with Crippen LogP contribution >= 0.6 is 0 Å². The maximum atomic E-state index is 14.2. The molecule has 0 aliphatic carbocycles. The zero-order valence-electron chi connectivity index (χ0n) is 12.4. The molecule has 0 radical (unpaired) electrons. The second-order valence-corrected chi connectivity index (χ2v) is 6.74. The lowest BCUT2D eigenvalue weighted by Crippen LogP contribution is -2.14. The highest BCUT2D eigenvalue weighted by Crippen LogP contribution is 2.20. The molecule has 0 bridgehead atoms. The Bertz CT molecular complexity index is 961.